The third-order valence-corrected chi connectivity index (χ3v) is 4.85. The molecule has 1 aromatic carbocycles. The van der Waals surface area contributed by atoms with E-state index in [1.54, 1.807) is 12.5 Å². The van der Waals surface area contributed by atoms with Crippen LogP contribution in [0.25, 0.3) is 0 Å². The van der Waals surface area contributed by atoms with E-state index in [1.807, 2.05) is 54.9 Å². The van der Waals surface area contributed by atoms with E-state index in [9.17, 15) is 9.59 Å². The summed E-state index contributed by atoms with van der Waals surface area (Å²) in [5.41, 5.74) is 6.42. The van der Waals surface area contributed by atoms with Crippen molar-refractivity contribution >= 4 is 28.4 Å². The van der Waals surface area contributed by atoms with Gasteiger partial charge in [-0.2, -0.15) is 0 Å². The number of hydrogen-bond donors (Lipinski definition) is 2. The number of thiazole rings is 1. The summed E-state index contributed by atoms with van der Waals surface area (Å²) in [5, 5.41) is 3.25. The number of carbonyl (C=O) groups excluding carboxylic acids is 2. The van der Waals surface area contributed by atoms with Crippen LogP contribution in [0.2, 0.25) is 0 Å². The van der Waals surface area contributed by atoms with Gasteiger partial charge in [-0.3, -0.25) is 9.69 Å². The van der Waals surface area contributed by atoms with Crippen LogP contribution in [0.1, 0.15) is 35.5 Å². The molecule has 0 radical (unpaired) electrons. The van der Waals surface area contributed by atoms with Gasteiger partial charge in [0, 0.05) is 25.5 Å². The average Bonchev–Trinajstić information content (AvgIpc) is 3.43. The molecule has 3 N–H and O–H groups in total. The van der Waals surface area contributed by atoms with Gasteiger partial charge in [0.2, 0.25) is 0 Å². The van der Waals surface area contributed by atoms with Crippen LogP contribution in [-0.4, -0.2) is 33.0 Å². The van der Waals surface area contributed by atoms with E-state index in [0.717, 1.165) is 29.9 Å². The molecule has 0 spiro atoms. The first-order chi connectivity index (χ1) is 14.1. The second-order valence-electron chi connectivity index (χ2n) is 5.83. The van der Waals surface area contributed by atoms with E-state index in [2.05, 4.69) is 15.3 Å². The number of rotatable bonds is 8. The van der Waals surface area contributed by atoms with Crippen molar-refractivity contribution in [2.45, 2.75) is 33.4 Å². The van der Waals surface area contributed by atoms with Gasteiger partial charge in [-0.05, 0) is 12.0 Å². The Morgan fingerprint density at radius 1 is 1.24 bits per heavy atom. The van der Waals surface area contributed by atoms with E-state index in [-0.39, 0.29) is 5.91 Å². The number of aryl methyl sites for hydroxylation is 1. The van der Waals surface area contributed by atoms with Crippen LogP contribution in [-0.2, 0) is 13.1 Å². The van der Waals surface area contributed by atoms with E-state index < -0.39 is 6.03 Å². The summed E-state index contributed by atoms with van der Waals surface area (Å²) in [5.74, 6) is -0.214. The predicted octanol–water partition coefficient (Wildman–Crippen LogP) is 3.27. The molecule has 154 valence electrons. The molecule has 2 heterocycles. The highest BCUT2D eigenvalue weighted by Gasteiger charge is 2.19. The third kappa shape index (κ3) is 6.72. The van der Waals surface area contributed by atoms with Crippen LogP contribution in [0.5, 0.6) is 0 Å². The Bertz CT molecular complexity index is 880. The topological polar surface area (TPSA) is 106 Å². The molecule has 29 heavy (non-hydrogen) atoms. The number of imidazole rings is 1. The molecular weight excluding hydrogens is 388 g/mol. The number of aromatic nitrogens is 3. The van der Waals surface area contributed by atoms with E-state index in [1.165, 1.54) is 11.1 Å². The normalized spacial score (nSPS) is 10.0. The first-order valence-electron chi connectivity index (χ1n) is 9.44. The molecule has 0 saturated heterocycles. The molecule has 0 aliphatic carbocycles. The number of amides is 3. The van der Waals surface area contributed by atoms with Gasteiger partial charge in [-0.25, -0.2) is 14.8 Å². The maximum atomic E-state index is 12.3. The number of nitrogens with zero attached hydrogens (tertiary/aromatic N) is 4. The van der Waals surface area contributed by atoms with Crippen LogP contribution in [0, 0.1) is 0 Å². The minimum absolute atomic E-state index is 0.214. The molecule has 2 aromatic heterocycles. The third-order valence-electron chi connectivity index (χ3n) is 3.84. The van der Waals surface area contributed by atoms with Crippen LogP contribution < -0.4 is 16.0 Å². The number of hydrogen-bond acceptors (Lipinski definition) is 5. The summed E-state index contributed by atoms with van der Waals surface area (Å²) in [6.07, 6.45) is 7.59. The van der Waals surface area contributed by atoms with Gasteiger partial charge < -0.3 is 15.6 Å². The van der Waals surface area contributed by atoms with Gasteiger partial charge in [0.25, 0.3) is 5.91 Å². The highest BCUT2D eigenvalue weighted by molar-refractivity contribution is 7.17. The molecule has 9 heteroatoms. The summed E-state index contributed by atoms with van der Waals surface area (Å²) < 4.78 is 1.95. The van der Waals surface area contributed by atoms with Crippen LogP contribution in [0.4, 0.5) is 9.93 Å². The standard InChI is InChI=1S/C18H20N6O2S.C2H6/c19-17(26)24(12-14-5-2-1-3-6-14)18-22-11-15(27-18)16(25)21-7-4-9-23-10-8-20-13-23;1-2/h1-3,5-6,8,10-11,13H,4,7,9,12H2,(H2,19,26)(H,21,25);1-2H3. The Labute approximate surface area is 174 Å². The van der Waals surface area contributed by atoms with Gasteiger partial charge in [0.1, 0.15) is 4.88 Å². The molecule has 3 amide bonds. The average molecular weight is 415 g/mol. The molecule has 0 atom stereocenters. The second-order valence-corrected chi connectivity index (χ2v) is 6.84. The molecule has 0 aliphatic heterocycles. The minimum Gasteiger partial charge on any atom is -0.351 e. The smallest absolute Gasteiger partial charge is 0.321 e. The number of nitrogens with one attached hydrogen (secondary N) is 1. The molecule has 0 aliphatic rings. The Morgan fingerprint density at radius 3 is 2.66 bits per heavy atom. The van der Waals surface area contributed by atoms with Crippen LogP contribution in [0.3, 0.4) is 0 Å². The number of urea groups is 1. The maximum absolute atomic E-state index is 12.3. The van der Waals surface area contributed by atoms with Crippen molar-refractivity contribution in [3.05, 3.63) is 65.7 Å². The Kier molecular flexibility index (Phi) is 8.84. The lowest BCUT2D eigenvalue weighted by Gasteiger charge is -2.17. The molecule has 8 nitrogen and oxygen atoms in total. The van der Waals surface area contributed by atoms with Crippen molar-refractivity contribution in [1.29, 1.82) is 0 Å². The SMILES string of the molecule is CC.NC(=O)N(Cc1ccccc1)c1ncc(C(=O)NCCCn2ccnc2)s1. The number of primary amides is 1. The van der Waals surface area contributed by atoms with Gasteiger partial charge in [-0.15, -0.1) is 0 Å². The van der Waals surface area contributed by atoms with Crippen molar-refractivity contribution < 1.29 is 9.59 Å². The minimum atomic E-state index is -0.611. The predicted molar refractivity (Wildman–Crippen MR) is 115 cm³/mol. The molecule has 0 unspecified atom stereocenters. The van der Waals surface area contributed by atoms with E-state index in [0.29, 0.717) is 23.1 Å². The number of carbonyl (C=O) groups is 2. The van der Waals surface area contributed by atoms with Gasteiger partial charge in [0.05, 0.1) is 19.1 Å². The zero-order chi connectivity index (χ0) is 21.1. The summed E-state index contributed by atoms with van der Waals surface area (Å²) >= 11 is 1.14. The molecule has 0 bridgehead atoms. The molecule has 0 saturated carbocycles. The number of anilines is 1. The zero-order valence-electron chi connectivity index (χ0n) is 16.6. The second kappa shape index (κ2) is 11.6. The fraction of sp³-hybridized carbons (Fsp3) is 0.300. The maximum Gasteiger partial charge on any atom is 0.321 e. The monoisotopic (exact) mass is 414 g/mol. The lowest BCUT2D eigenvalue weighted by molar-refractivity contribution is 0.0956. The van der Waals surface area contributed by atoms with Gasteiger partial charge >= 0.3 is 6.03 Å². The summed E-state index contributed by atoms with van der Waals surface area (Å²) in [4.78, 5) is 34.1. The van der Waals surface area contributed by atoms with Crippen LogP contribution in [0.15, 0.2) is 55.2 Å². The molecular formula is C20H26N6O2S. The highest BCUT2D eigenvalue weighted by atomic mass is 32.1. The van der Waals surface area contributed by atoms with Crippen LogP contribution >= 0.6 is 11.3 Å². The fourth-order valence-corrected chi connectivity index (χ4v) is 3.31. The Balaban J connectivity index is 0.00000145. The lowest BCUT2D eigenvalue weighted by Crippen LogP contribution is -2.35. The number of benzene rings is 1. The Morgan fingerprint density at radius 2 is 2.00 bits per heavy atom. The molecule has 0 fully saturated rings. The number of nitrogens with two attached hydrogens (primary N) is 1. The van der Waals surface area contributed by atoms with Crippen molar-refractivity contribution in [2.24, 2.45) is 5.73 Å². The van der Waals surface area contributed by atoms with Crippen molar-refractivity contribution in [2.75, 3.05) is 11.4 Å². The lowest BCUT2D eigenvalue weighted by atomic mass is 10.2. The van der Waals surface area contributed by atoms with E-state index >= 15 is 0 Å². The highest BCUT2D eigenvalue weighted by Crippen LogP contribution is 2.24. The van der Waals surface area contributed by atoms with Crippen molar-refractivity contribution in [3.8, 4) is 0 Å². The Hall–Kier alpha value is -3.20. The zero-order valence-corrected chi connectivity index (χ0v) is 17.4. The van der Waals surface area contributed by atoms with Gasteiger partial charge in [-0.1, -0.05) is 55.5 Å². The fourth-order valence-electron chi connectivity index (χ4n) is 2.47. The quantitative estimate of drug-likeness (QED) is 0.552. The first-order valence-corrected chi connectivity index (χ1v) is 10.3. The van der Waals surface area contributed by atoms with Crippen molar-refractivity contribution in [1.82, 2.24) is 19.9 Å². The molecule has 3 rings (SSSR count). The largest absolute Gasteiger partial charge is 0.351 e. The summed E-state index contributed by atoms with van der Waals surface area (Å²) in [7, 11) is 0. The summed E-state index contributed by atoms with van der Waals surface area (Å²) in [6, 6.07) is 8.87. The molecule has 3 aromatic rings. The van der Waals surface area contributed by atoms with Gasteiger partial charge in [0.15, 0.2) is 5.13 Å². The van der Waals surface area contributed by atoms with E-state index in [4.69, 9.17) is 5.73 Å². The first kappa shape index (κ1) is 22.1. The summed E-state index contributed by atoms with van der Waals surface area (Å²) in [6.45, 7) is 5.62. The van der Waals surface area contributed by atoms with Crippen molar-refractivity contribution in [3.63, 3.8) is 0 Å².